The normalized spacial score (nSPS) is 13.2. The van der Waals surface area contributed by atoms with Gasteiger partial charge >= 0.3 is 0 Å². The van der Waals surface area contributed by atoms with Crippen LogP contribution in [0.25, 0.3) is 0 Å². The van der Waals surface area contributed by atoms with Crippen LogP contribution in [-0.2, 0) is 26.6 Å². The third-order valence-electron chi connectivity index (χ3n) is 4.08. The molecule has 0 saturated heterocycles. The number of rotatable bonds is 10. The van der Waals surface area contributed by atoms with Gasteiger partial charge in [-0.25, -0.2) is 31.3 Å². The predicted molar refractivity (Wildman–Crippen MR) is 109 cm³/mol. The fourth-order valence-corrected chi connectivity index (χ4v) is 4.62. The monoisotopic (exact) mass is 426 g/mol. The van der Waals surface area contributed by atoms with Gasteiger partial charge in [-0.3, -0.25) is 0 Å². The topological polar surface area (TPSA) is 117 Å². The lowest BCUT2D eigenvalue weighted by Crippen LogP contribution is -2.32. The second-order valence-corrected chi connectivity index (χ2v) is 10.00. The Kier molecular flexibility index (Phi) is 7.53. The highest BCUT2D eigenvalue weighted by Gasteiger charge is 2.17. The van der Waals surface area contributed by atoms with E-state index < -0.39 is 20.0 Å². The minimum absolute atomic E-state index is 0.100. The van der Waals surface area contributed by atoms with E-state index in [4.69, 9.17) is 0 Å². The Labute approximate surface area is 166 Å². The van der Waals surface area contributed by atoms with Gasteiger partial charge in [-0.2, -0.15) is 0 Å². The standard InChI is InChI=1S/C18H26N4O4S2/c1-4-6-14(2)22-28(25,26)17-9-10-18(21-13-17)20-12-15-7-5-8-16(11-15)27(23,24)19-3/h5,7-11,13-14,19,22H,4,6,12H2,1-3H3,(H,20,21). The first-order chi connectivity index (χ1) is 13.2. The molecule has 1 atom stereocenters. The van der Waals surface area contributed by atoms with Crippen molar-refractivity contribution in [3.05, 3.63) is 48.2 Å². The summed E-state index contributed by atoms with van der Waals surface area (Å²) in [4.78, 5) is 4.42. The van der Waals surface area contributed by atoms with Crippen LogP contribution in [0.4, 0.5) is 5.82 Å². The lowest BCUT2D eigenvalue weighted by atomic mass is 10.2. The summed E-state index contributed by atoms with van der Waals surface area (Å²) in [5.74, 6) is 0.488. The Bertz CT molecular complexity index is 991. The third kappa shape index (κ3) is 5.99. The van der Waals surface area contributed by atoms with Gasteiger partial charge in [-0.1, -0.05) is 25.5 Å². The number of nitrogens with one attached hydrogen (secondary N) is 3. The van der Waals surface area contributed by atoms with E-state index in [1.54, 1.807) is 24.3 Å². The molecule has 0 fully saturated rings. The summed E-state index contributed by atoms with van der Waals surface area (Å²) < 4.78 is 53.3. The van der Waals surface area contributed by atoms with Crippen LogP contribution in [-0.4, -0.2) is 34.9 Å². The molecule has 0 bridgehead atoms. The minimum Gasteiger partial charge on any atom is -0.366 e. The number of hydrogen-bond acceptors (Lipinski definition) is 6. The summed E-state index contributed by atoms with van der Waals surface area (Å²) in [7, 11) is -5.75. The van der Waals surface area contributed by atoms with Crippen LogP contribution in [0, 0.1) is 0 Å². The molecule has 154 valence electrons. The second-order valence-electron chi connectivity index (χ2n) is 6.40. The summed E-state index contributed by atoms with van der Waals surface area (Å²) in [5, 5.41) is 3.06. The van der Waals surface area contributed by atoms with Gasteiger partial charge in [-0.05, 0) is 50.2 Å². The Morgan fingerprint density at radius 1 is 1.04 bits per heavy atom. The zero-order valence-corrected chi connectivity index (χ0v) is 17.8. The number of nitrogens with zero attached hydrogens (tertiary/aromatic N) is 1. The zero-order valence-electron chi connectivity index (χ0n) is 16.1. The van der Waals surface area contributed by atoms with Gasteiger partial charge < -0.3 is 5.32 Å². The van der Waals surface area contributed by atoms with Gasteiger partial charge in [0, 0.05) is 18.8 Å². The summed E-state index contributed by atoms with van der Waals surface area (Å²) in [6, 6.07) is 9.45. The molecule has 28 heavy (non-hydrogen) atoms. The van der Waals surface area contributed by atoms with Crippen molar-refractivity contribution in [1.82, 2.24) is 14.4 Å². The molecular weight excluding hydrogens is 400 g/mol. The van der Waals surface area contributed by atoms with Gasteiger partial charge in [0.05, 0.1) is 4.90 Å². The predicted octanol–water partition coefficient (Wildman–Crippen LogP) is 2.07. The van der Waals surface area contributed by atoms with E-state index >= 15 is 0 Å². The van der Waals surface area contributed by atoms with E-state index in [9.17, 15) is 16.8 Å². The molecule has 0 radical (unpaired) electrons. The average molecular weight is 427 g/mol. The Hall–Kier alpha value is -2.01. The Morgan fingerprint density at radius 2 is 1.79 bits per heavy atom. The van der Waals surface area contributed by atoms with Crippen LogP contribution >= 0.6 is 0 Å². The first-order valence-electron chi connectivity index (χ1n) is 8.92. The molecule has 0 aliphatic rings. The van der Waals surface area contributed by atoms with Gasteiger partial charge in [0.2, 0.25) is 20.0 Å². The number of sulfonamides is 2. The van der Waals surface area contributed by atoms with Crippen molar-refractivity contribution in [2.75, 3.05) is 12.4 Å². The molecule has 1 unspecified atom stereocenters. The Morgan fingerprint density at radius 3 is 2.39 bits per heavy atom. The zero-order chi connectivity index (χ0) is 20.8. The highest BCUT2D eigenvalue weighted by Crippen LogP contribution is 2.15. The molecule has 3 N–H and O–H groups in total. The number of benzene rings is 1. The smallest absolute Gasteiger partial charge is 0.242 e. The molecule has 0 aliphatic carbocycles. The van der Waals surface area contributed by atoms with Gasteiger partial charge in [-0.15, -0.1) is 0 Å². The first kappa shape index (κ1) is 22.3. The maximum atomic E-state index is 12.3. The molecule has 2 rings (SSSR count). The third-order valence-corrected chi connectivity index (χ3v) is 7.06. The van der Waals surface area contributed by atoms with Crippen molar-refractivity contribution < 1.29 is 16.8 Å². The SMILES string of the molecule is CCCC(C)NS(=O)(=O)c1ccc(NCc2cccc(S(=O)(=O)NC)c2)nc1. The summed E-state index contributed by atoms with van der Waals surface area (Å²) >= 11 is 0. The van der Waals surface area contributed by atoms with Gasteiger partial charge in [0.1, 0.15) is 10.7 Å². The van der Waals surface area contributed by atoms with Crippen molar-refractivity contribution in [2.45, 2.75) is 49.1 Å². The first-order valence-corrected chi connectivity index (χ1v) is 11.9. The fourth-order valence-electron chi connectivity index (χ4n) is 2.60. The minimum atomic E-state index is -3.60. The van der Waals surface area contributed by atoms with E-state index in [2.05, 4.69) is 19.7 Å². The molecule has 10 heteroatoms. The molecule has 2 aromatic rings. The van der Waals surface area contributed by atoms with Crippen molar-refractivity contribution in [3.63, 3.8) is 0 Å². The van der Waals surface area contributed by atoms with E-state index in [1.807, 2.05) is 13.8 Å². The maximum Gasteiger partial charge on any atom is 0.242 e. The molecule has 0 amide bonds. The molecule has 1 heterocycles. The number of pyridine rings is 1. The summed E-state index contributed by atoms with van der Waals surface area (Å²) in [6.07, 6.45) is 2.95. The molecular formula is C18H26N4O4S2. The molecule has 8 nitrogen and oxygen atoms in total. The van der Waals surface area contributed by atoms with E-state index in [1.165, 1.54) is 25.4 Å². The van der Waals surface area contributed by atoms with Gasteiger partial charge in [0.25, 0.3) is 0 Å². The largest absolute Gasteiger partial charge is 0.366 e. The van der Waals surface area contributed by atoms with Crippen LogP contribution in [0.15, 0.2) is 52.4 Å². The number of aromatic nitrogens is 1. The number of anilines is 1. The fraction of sp³-hybridized carbons (Fsp3) is 0.389. The number of hydrogen-bond donors (Lipinski definition) is 3. The second kappa shape index (κ2) is 9.46. The van der Waals surface area contributed by atoms with Crippen LogP contribution in [0.3, 0.4) is 0 Å². The average Bonchev–Trinajstić information content (AvgIpc) is 2.66. The quantitative estimate of drug-likeness (QED) is 0.535. The van der Waals surface area contributed by atoms with E-state index in [-0.39, 0.29) is 15.8 Å². The lowest BCUT2D eigenvalue weighted by molar-refractivity contribution is 0.543. The van der Waals surface area contributed by atoms with Crippen molar-refractivity contribution in [2.24, 2.45) is 0 Å². The van der Waals surface area contributed by atoms with Crippen LogP contribution in [0.2, 0.25) is 0 Å². The van der Waals surface area contributed by atoms with E-state index in [0.717, 1.165) is 18.4 Å². The van der Waals surface area contributed by atoms with Gasteiger partial charge in [0.15, 0.2) is 0 Å². The Balaban J connectivity index is 2.05. The van der Waals surface area contributed by atoms with Crippen molar-refractivity contribution in [1.29, 1.82) is 0 Å². The molecule has 0 aliphatic heterocycles. The summed E-state index contributed by atoms with van der Waals surface area (Å²) in [6.45, 7) is 4.17. The lowest BCUT2D eigenvalue weighted by Gasteiger charge is -2.13. The van der Waals surface area contributed by atoms with Crippen molar-refractivity contribution >= 4 is 25.9 Å². The van der Waals surface area contributed by atoms with Crippen molar-refractivity contribution in [3.8, 4) is 0 Å². The summed E-state index contributed by atoms with van der Waals surface area (Å²) in [5.41, 5.74) is 0.755. The van der Waals surface area contributed by atoms with Crippen LogP contribution in [0.5, 0.6) is 0 Å². The maximum absolute atomic E-state index is 12.3. The highest BCUT2D eigenvalue weighted by atomic mass is 32.2. The molecule has 0 spiro atoms. The molecule has 1 aromatic heterocycles. The molecule has 0 saturated carbocycles. The van der Waals surface area contributed by atoms with Crippen LogP contribution < -0.4 is 14.8 Å². The van der Waals surface area contributed by atoms with Crippen LogP contribution in [0.1, 0.15) is 32.3 Å². The highest BCUT2D eigenvalue weighted by molar-refractivity contribution is 7.89. The van der Waals surface area contributed by atoms with E-state index in [0.29, 0.717) is 12.4 Å². The molecule has 1 aromatic carbocycles.